The molecule has 0 bridgehead atoms. The number of aliphatic carboxylic acids is 1. The summed E-state index contributed by atoms with van der Waals surface area (Å²) >= 11 is 0. The van der Waals surface area contributed by atoms with Gasteiger partial charge < -0.3 is 15.7 Å². The summed E-state index contributed by atoms with van der Waals surface area (Å²) in [4.78, 5) is 29.5. The van der Waals surface area contributed by atoms with Crippen LogP contribution in [0.5, 0.6) is 0 Å². The number of para-hydroxylation sites is 1. The molecule has 0 aliphatic carbocycles. The molecule has 2 heterocycles. The van der Waals surface area contributed by atoms with Gasteiger partial charge in [-0.3, -0.25) is 14.7 Å². The summed E-state index contributed by atoms with van der Waals surface area (Å²) in [6.07, 6.45) is 3.15. The Bertz CT molecular complexity index is 1900. The van der Waals surface area contributed by atoms with Gasteiger partial charge in [0.15, 0.2) is 0 Å². The van der Waals surface area contributed by atoms with Crippen LogP contribution >= 0.6 is 0 Å². The van der Waals surface area contributed by atoms with Crippen molar-refractivity contribution >= 4 is 38.6 Å². The zero-order valence-electron chi connectivity index (χ0n) is 24.9. The number of sulfonamides is 1. The van der Waals surface area contributed by atoms with Crippen LogP contribution < -0.4 is 15.4 Å². The minimum Gasteiger partial charge on any atom is -0.480 e. The Hall–Kier alpha value is -5.07. The second-order valence-corrected chi connectivity index (χ2v) is 12.3. The Kier molecular flexibility index (Phi) is 9.55. The molecule has 0 aliphatic heterocycles. The number of aromatic amines is 1. The molecular formula is C33H34N6O5S. The number of benzene rings is 3. The normalized spacial score (nSPS) is 12.1. The minimum atomic E-state index is -4.24. The maximum atomic E-state index is 13.4. The van der Waals surface area contributed by atoms with Crippen LogP contribution in [0.4, 0.5) is 5.82 Å². The van der Waals surface area contributed by atoms with Crippen LogP contribution in [0.1, 0.15) is 33.6 Å². The van der Waals surface area contributed by atoms with Gasteiger partial charge >= 0.3 is 5.97 Å². The van der Waals surface area contributed by atoms with E-state index in [9.17, 15) is 23.1 Å². The number of amides is 1. The molecule has 2 aromatic heterocycles. The van der Waals surface area contributed by atoms with Gasteiger partial charge in [0.05, 0.1) is 21.7 Å². The van der Waals surface area contributed by atoms with E-state index in [2.05, 4.69) is 30.5 Å². The third kappa shape index (κ3) is 7.36. The zero-order chi connectivity index (χ0) is 32.0. The first-order valence-electron chi connectivity index (χ1n) is 14.4. The fraction of sp³-hybridized carbons (Fsp3) is 0.212. The van der Waals surface area contributed by atoms with Crippen LogP contribution in [0.25, 0.3) is 22.0 Å². The molecule has 1 atom stereocenters. The molecule has 0 radical (unpaired) electrons. The number of carboxylic acid groups (broad SMARTS) is 1. The largest absolute Gasteiger partial charge is 0.480 e. The minimum absolute atomic E-state index is 0.00439. The first kappa shape index (κ1) is 31.4. The van der Waals surface area contributed by atoms with Crippen molar-refractivity contribution in [3.8, 4) is 11.1 Å². The first-order valence-corrected chi connectivity index (χ1v) is 15.9. The summed E-state index contributed by atoms with van der Waals surface area (Å²) in [5, 5.41) is 23.8. The summed E-state index contributed by atoms with van der Waals surface area (Å²) in [6.45, 7) is 3.56. The number of H-pyrrole nitrogens is 1. The second kappa shape index (κ2) is 13.7. The number of pyridine rings is 1. The van der Waals surface area contributed by atoms with E-state index in [0.717, 1.165) is 34.4 Å². The van der Waals surface area contributed by atoms with E-state index in [-0.39, 0.29) is 10.5 Å². The van der Waals surface area contributed by atoms with Gasteiger partial charge in [0.25, 0.3) is 5.91 Å². The van der Waals surface area contributed by atoms with Gasteiger partial charge in [-0.15, -0.1) is 0 Å². The molecule has 5 aromatic rings. The molecule has 0 spiro atoms. The molecule has 232 valence electrons. The van der Waals surface area contributed by atoms with Crippen molar-refractivity contribution in [1.82, 2.24) is 25.2 Å². The van der Waals surface area contributed by atoms with Crippen LogP contribution in [-0.4, -0.2) is 59.7 Å². The number of anilines is 1. The van der Waals surface area contributed by atoms with E-state index in [0.29, 0.717) is 29.6 Å². The summed E-state index contributed by atoms with van der Waals surface area (Å²) in [5.74, 6) is -1.19. The Morgan fingerprint density at radius 3 is 2.36 bits per heavy atom. The van der Waals surface area contributed by atoms with Crippen molar-refractivity contribution < 1.29 is 23.1 Å². The summed E-state index contributed by atoms with van der Waals surface area (Å²) < 4.78 is 29.1. The lowest BCUT2D eigenvalue weighted by Crippen LogP contribution is -2.48. The number of aryl methyl sites for hydroxylation is 3. The SMILES string of the molecule is Cc1cc(-c2ccccc2)cc(C)c1S(=O)(=O)NC(CNC(=O)c1cccc2c(CCCNc3ccccn3)n[nH]c12)C(=O)O. The Morgan fingerprint density at radius 2 is 1.67 bits per heavy atom. The van der Waals surface area contributed by atoms with E-state index < -0.39 is 34.5 Å². The fourth-order valence-corrected chi connectivity index (χ4v) is 6.95. The second-order valence-electron chi connectivity index (χ2n) is 10.7. The molecule has 45 heavy (non-hydrogen) atoms. The number of aromatic nitrogens is 3. The van der Waals surface area contributed by atoms with Gasteiger partial charge in [0.1, 0.15) is 11.9 Å². The average molecular weight is 627 g/mol. The number of carbonyl (C=O) groups is 2. The number of carboxylic acids is 1. The lowest BCUT2D eigenvalue weighted by atomic mass is 10.0. The molecule has 0 saturated carbocycles. The lowest BCUT2D eigenvalue weighted by molar-refractivity contribution is -0.138. The monoisotopic (exact) mass is 626 g/mol. The third-order valence-corrected chi connectivity index (χ3v) is 9.16. The standard InChI is InChI=1S/C33H34N6O5S/c1-21-18-24(23-10-4-3-5-11-23)19-22(2)31(21)45(43,44)39-28(33(41)42)20-36-32(40)26-13-8-12-25-27(37-38-30(25)26)14-9-17-35-29-15-6-7-16-34-29/h3-8,10-13,15-16,18-19,28,39H,9,14,17,20H2,1-2H3,(H,34,35)(H,36,40)(H,37,38)(H,41,42). The van der Waals surface area contributed by atoms with E-state index >= 15 is 0 Å². The third-order valence-electron chi connectivity index (χ3n) is 7.38. The lowest BCUT2D eigenvalue weighted by Gasteiger charge is -2.19. The van der Waals surface area contributed by atoms with Crippen LogP contribution in [0.2, 0.25) is 0 Å². The van der Waals surface area contributed by atoms with E-state index in [1.807, 2.05) is 54.6 Å². The van der Waals surface area contributed by atoms with Crippen molar-refractivity contribution in [3.63, 3.8) is 0 Å². The molecule has 5 N–H and O–H groups in total. The van der Waals surface area contributed by atoms with Crippen LogP contribution in [-0.2, 0) is 21.2 Å². The molecule has 3 aromatic carbocycles. The van der Waals surface area contributed by atoms with E-state index in [4.69, 9.17) is 0 Å². The van der Waals surface area contributed by atoms with E-state index in [1.54, 1.807) is 44.3 Å². The Labute approximate surface area is 261 Å². The topological polar surface area (TPSA) is 166 Å². The Morgan fingerprint density at radius 1 is 0.933 bits per heavy atom. The smallest absolute Gasteiger partial charge is 0.323 e. The zero-order valence-corrected chi connectivity index (χ0v) is 25.7. The molecule has 1 unspecified atom stereocenters. The fourth-order valence-electron chi connectivity index (χ4n) is 5.30. The van der Waals surface area contributed by atoms with Crippen molar-refractivity contribution in [1.29, 1.82) is 0 Å². The number of carbonyl (C=O) groups excluding carboxylic acids is 1. The predicted octanol–water partition coefficient (Wildman–Crippen LogP) is 4.45. The number of hydrogen-bond acceptors (Lipinski definition) is 7. The molecule has 12 heteroatoms. The highest BCUT2D eigenvalue weighted by atomic mass is 32.2. The molecule has 0 aliphatic rings. The van der Waals surface area contributed by atoms with Gasteiger partial charge in [-0.05, 0) is 67.1 Å². The maximum Gasteiger partial charge on any atom is 0.323 e. The predicted molar refractivity (Wildman–Crippen MR) is 173 cm³/mol. The molecule has 0 fully saturated rings. The highest BCUT2D eigenvalue weighted by molar-refractivity contribution is 7.89. The van der Waals surface area contributed by atoms with E-state index in [1.165, 1.54) is 0 Å². The quantitative estimate of drug-likeness (QED) is 0.120. The van der Waals surface area contributed by atoms with Gasteiger partial charge in [-0.2, -0.15) is 9.82 Å². The number of rotatable bonds is 13. The molecule has 0 saturated heterocycles. The van der Waals surface area contributed by atoms with Crippen LogP contribution in [0, 0.1) is 13.8 Å². The summed E-state index contributed by atoms with van der Waals surface area (Å²) in [6, 6.07) is 22.3. The van der Waals surface area contributed by atoms with Crippen molar-refractivity contribution in [2.75, 3.05) is 18.4 Å². The highest BCUT2D eigenvalue weighted by Crippen LogP contribution is 2.28. The summed E-state index contributed by atoms with van der Waals surface area (Å²) in [5.41, 5.74) is 4.32. The number of nitrogens with zero attached hydrogens (tertiary/aromatic N) is 2. The Balaban J connectivity index is 1.25. The maximum absolute atomic E-state index is 13.4. The van der Waals surface area contributed by atoms with Crippen LogP contribution in [0.3, 0.4) is 0 Å². The summed E-state index contributed by atoms with van der Waals surface area (Å²) in [7, 11) is -4.24. The first-order chi connectivity index (χ1) is 21.6. The average Bonchev–Trinajstić information content (AvgIpc) is 3.44. The molecule has 5 rings (SSSR count). The van der Waals surface area contributed by atoms with Gasteiger partial charge in [0, 0.05) is 24.7 Å². The number of fused-ring (bicyclic) bond motifs is 1. The number of nitrogens with one attached hydrogen (secondary N) is 4. The van der Waals surface area contributed by atoms with Gasteiger partial charge in [-0.1, -0.05) is 60.7 Å². The van der Waals surface area contributed by atoms with Gasteiger partial charge in [0.2, 0.25) is 10.0 Å². The van der Waals surface area contributed by atoms with Gasteiger partial charge in [-0.25, -0.2) is 13.4 Å². The van der Waals surface area contributed by atoms with Crippen molar-refractivity contribution in [2.24, 2.45) is 0 Å². The molecular weight excluding hydrogens is 592 g/mol. The molecule has 11 nitrogen and oxygen atoms in total. The number of hydrogen-bond donors (Lipinski definition) is 5. The van der Waals surface area contributed by atoms with Crippen molar-refractivity contribution in [3.05, 3.63) is 107 Å². The highest BCUT2D eigenvalue weighted by Gasteiger charge is 2.29. The molecule has 1 amide bonds. The van der Waals surface area contributed by atoms with Crippen LogP contribution in [0.15, 0.2) is 90.0 Å². The van der Waals surface area contributed by atoms with Crippen molar-refractivity contribution in [2.45, 2.75) is 37.6 Å².